The average Bonchev–Trinajstić information content (AvgIpc) is 2.80. The second kappa shape index (κ2) is 4.48. The number of aryl methyl sites for hydroxylation is 1. The zero-order valence-electron chi connectivity index (χ0n) is 9.77. The van der Waals surface area contributed by atoms with E-state index in [2.05, 4.69) is 28.0 Å². The van der Waals surface area contributed by atoms with Crippen molar-refractivity contribution >= 4 is 5.82 Å². The molecule has 16 heavy (non-hydrogen) atoms. The fraction of sp³-hybridized carbons (Fsp3) is 0.583. The normalized spacial score (nSPS) is 16.1. The van der Waals surface area contributed by atoms with Crippen molar-refractivity contribution in [3.8, 4) is 6.07 Å². The van der Waals surface area contributed by atoms with E-state index >= 15 is 0 Å². The summed E-state index contributed by atoms with van der Waals surface area (Å²) in [5.74, 6) is 1.54. The Hall–Kier alpha value is -1.63. The Balaban J connectivity index is 2.25. The highest BCUT2D eigenvalue weighted by Crippen LogP contribution is 2.25. The quantitative estimate of drug-likeness (QED) is 0.759. The van der Waals surface area contributed by atoms with Crippen LogP contribution in [-0.2, 0) is 0 Å². The molecule has 0 radical (unpaired) electrons. The van der Waals surface area contributed by atoms with E-state index in [1.807, 2.05) is 6.92 Å². The van der Waals surface area contributed by atoms with E-state index in [9.17, 15) is 0 Å². The van der Waals surface area contributed by atoms with Gasteiger partial charge in [-0.05, 0) is 19.8 Å². The van der Waals surface area contributed by atoms with E-state index < -0.39 is 0 Å². The summed E-state index contributed by atoms with van der Waals surface area (Å²) in [5.41, 5.74) is 0.451. The number of anilines is 1. The summed E-state index contributed by atoms with van der Waals surface area (Å²) in [4.78, 5) is 10.6. The van der Waals surface area contributed by atoms with Crippen molar-refractivity contribution in [2.24, 2.45) is 0 Å². The van der Waals surface area contributed by atoms with Crippen molar-refractivity contribution in [2.75, 3.05) is 11.9 Å². The van der Waals surface area contributed by atoms with Crippen LogP contribution in [0.2, 0.25) is 0 Å². The third-order valence-corrected chi connectivity index (χ3v) is 3.17. The first kappa shape index (κ1) is 10.9. The van der Waals surface area contributed by atoms with Gasteiger partial charge in [0.15, 0.2) is 0 Å². The standard InChI is InChI=1S/C12H16N4/c1-9-14-10(8-13)7-12(15-9)16(2)11-5-3-4-6-11/h7,11H,3-6H2,1-2H3. The Labute approximate surface area is 95.9 Å². The van der Waals surface area contributed by atoms with Gasteiger partial charge in [-0.1, -0.05) is 12.8 Å². The zero-order chi connectivity index (χ0) is 11.5. The maximum atomic E-state index is 8.87. The van der Waals surface area contributed by atoms with Crippen LogP contribution in [0.4, 0.5) is 5.82 Å². The molecule has 2 rings (SSSR count). The fourth-order valence-electron chi connectivity index (χ4n) is 2.27. The number of nitriles is 1. The van der Waals surface area contributed by atoms with Gasteiger partial charge in [0, 0.05) is 19.2 Å². The Morgan fingerprint density at radius 1 is 1.38 bits per heavy atom. The fourth-order valence-corrected chi connectivity index (χ4v) is 2.27. The summed E-state index contributed by atoms with van der Waals surface area (Å²) < 4.78 is 0. The molecule has 1 aliphatic rings. The average molecular weight is 216 g/mol. The minimum Gasteiger partial charge on any atom is -0.357 e. The van der Waals surface area contributed by atoms with E-state index in [0.717, 1.165) is 5.82 Å². The van der Waals surface area contributed by atoms with Gasteiger partial charge in [-0.2, -0.15) is 5.26 Å². The SMILES string of the molecule is Cc1nc(C#N)cc(N(C)C2CCCC2)n1. The van der Waals surface area contributed by atoms with Crippen LogP contribution in [0.1, 0.15) is 37.2 Å². The van der Waals surface area contributed by atoms with Crippen LogP contribution in [0.25, 0.3) is 0 Å². The first-order valence-corrected chi connectivity index (χ1v) is 5.69. The van der Waals surface area contributed by atoms with Gasteiger partial charge in [-0.3, -0.25) is 0 Å². The van der Waals surface area contributed by atoms with E-state index in [0.29, 0.717) is 17.6 Å². The van der Waals surface area contributed by atoms with Crippen LogP contribution >= 0.6 is 0 Å². The van der Waals surface area contributed by atoms with Crippen molar-refractivity contribution in [1.29, 1.82) is 5.26 Å². The number of aromatic nitrogens is 2. The lowest BCUT2D eigenvalue weighted by atomic mass is 10.2. The molecule has 1 fully saturated rings. The van der Waals surface area contributed by atoms with Gasteiger partial charge >= 0.3 is 0 Å². The first-order valence-electron chi connectivity index (χ1n) is 5.69. The summed E-state index contributed by atoms with van der Waals surface area (Å²) in [6.07, 6.45) is 5.04. The largest absolute Gasteiger partial charge is 0.357 e. The molecule has 0 spiro atoms. The molecular weight excluding hydrogens is 200 g/mol. The minimum atomic E-state index is 0.451. The van der Waals surface area contributed by atoms with Gasteiger partial charge in [0.2, 0.25) is 0 Å². The smallest absolute Gasteiger partial charge is 0.146 e. The Morgan fingerprint density at radius 3 is 2.69 bits per heavy atom. The number of rotatable bonds is 2. The van der Waals surface area contributed by atoms with Gasteiger partial charge in [0.1, 0.15) is 23.4 Å². The Morgan fingerprint density at radius 2 is 2.06 bits per heavy atom. The lowest BCUT2D eigenvalue weighted by molar-refractivity contribution is 0.644. The molecule has 0 amide bonds. The first-order chi connectivity index (χ1) is 7.70. The molecule has 0 aliphatic heterocycles. The van der Waals surface area contributed by atoms with Gasteiger partial charge in [0.05, 0.1) is 0 Å². The van der Waals surface area contributed by atoms with Crippen molar-refractivity contribution in [1.82, 2.24) is 9.97 Å². The van der Waals surface area contributed by atoms with Gasteiger partial charge in [0.25, 0.3) is 0 Å². The zero-order valence-corrected chi connectivity index (χ0v) is 9.77. The van der Waals surface area contributed by atoms with Crippen LogP contribution < -0.4 is 4.90 Å². The highest BCUT2D eigenvalue weighted by molar-refractivity contribution is 5.43. The predicted molar refractivity (Wildman–Crippen MR) is 62.1 cm³/mol. The maximum Gasteiger partial charge on any atom is 0.146 e. The summed E-state index contributed by atoms with van der Waals surface area (Å²) >= 11 is 0. The molecule has 0 N–H and O–H groups in total. The molecule has 4 heteroatoms. The molecule has 1 aromatic heterocycles. The van der Waals surface area contributed by atoms with E-state index in [-0.39, 0.29) is 0 Å². The molecule has 1 aromatic rings. The third kappa shape index (κ3) is 2.13. The molecule has 1 heterocycles. The van der Waals surface area contributed by atoms with Crippen molar-refractivity contribution < 1.29 is 0 Å². The second-order valence-corrected chi connectivity index (χ2v) is 4.32. The lowest BCUT2D eigenvalue weighted by Gasteiger charge is -2.25. The monoisotopic (exact) mass is 216 g/mol. The Kier molecular flexibility index (Phi) is 3.04. The summed E-state index contributed by atoms with van der Waals surface area (Å²) in [6.45, 7) is 1.83. The van der Waals surface area contributed by atoms with Gasteiger partial charge < -0.3 is 4.90 Å². The summed E-state index contributed by atoms with van der Waals surface area (Å²) in [5, 5.41) is 8.87. The molecular formula is C12H16N4. The minimum absolute atomic E-state index is 0.451. The van der Waals surface area contributed by atoms with Crippen LogP contribution in [0.5, 0.6) is 0 Å². The van der Waals surface area contributed by atoms with Gasteiger partial charge in [-0.25, -0.2) is 9.97 Å². The summed E-state index contributed by atoms with van der Waals surface area (Å²) in [6, 6.07) is 4.42. The topological polar surface area (TPSA) is 52.8 Å². The molecule has 84 valence electrons. The molecule has 0 aromatic carbocycles. The lowest BCUT2D eigenvalue weighted by Crippen LogP contribution is -2.29. The van der Waals surface area contributed by atoms with Crippen LogP contribution in [-0.4, -0.2) is 23.1 Å². The van der Waals surface area contributed by atoms with Crippen LogP contribution in [0, 0.1) is 18.3 Å². The maximum absolute atomic E-state index is 8.87. The van der Waals surface area contributed by atoms with Crippen LogP contribution in [0.3, 0.4) is 0 Å². The van der Waals surface area contributed by atoms with Crippen molar-refractivity contribution in [2.45, 2.75) is 38.6 Å². The molecule has 0 saturated heterocycles. The highest BCUT2D eigenvalue weighted by Gasteiger charge is 2.21. The second-order valence-electron chi connectivity index (χ2n) is 4.32. The molecule has 0 unspecified atom stereocenters. The van der Waals surface area contributed by atoms with E-state index in [1.54, 1.807) is 6.07 Å². The van der Waals surface area contributed by atoms with Gasteiger partial charge in [-0.15, -0.1) is 0 Å². The Bertz CT molecular complexity index is 416. The number of nitrogens with zero attached hydrogens (tertiary/aromatic N) is 4. The third-order valence-electron chi connectivity index (χ3n) is 3.17. The highest BCUT2D eigenvalue weighted by atomic mass is 15.2. The predicted octanol–water partition coefficient (Wildman–Crippen LogP) is 2.04. The number of hydrogen-bond acceptors (Lipinski definition) is 4. The molecule has 4 nitrogen and oxygen atoms in total. The molecule has 0 atom stereocenters. The van der Waals surface area contributed by atoms with E-state index in [1.165, 1.54) is 25.7 Å². The van der Waals surface area contributed by atoms with Crippen molar-refractivity contribution in [3.63, 3.8) is 0 Å². The molecule has 0 bridgehead atoms. The number of hydrogen-bond donors (Lipinski definition) is 0. The molecule has 1 aliphatic carbocycles. The van der Waals surface area contributed by atoms with E-state index in [4.69, 9.17) is 5.26 Å². The van der Waals surface area contributed by atoms with Crippen molar-refractivity contribution in [3.05, 3.63) is 17.6 Å². The molecule has 1 saturated carbocycles. The van der Waals surface area contributed by atoms with Crippen LogP contribution in [0.15, 0.2) is 6.07 Å². The summed E-state index contributed by atoms with van der Waals surface area (Å²) in [7, 11) is 2.05.